The Morgan fingerprint density at radius 1 is 1.35 bits per heavy atom. The zero-order valence-corrected chi connectivity index (χ0v) is 10.7. The number of hydrogen-bond donors (Lipinski definition) is 2. The molecule has 4 heteroatoms. The SMILES string of the molecule is CCN(CC)Cc1cc(NC(C)=O)ccc1O. The van der Waals surface area contributed by atoms with E-state index in [2.05, 4.69) is 24.1 Å². The number of benzene rings is 1. The second-order valence-electron chi connectivity index (χ2n) is 3.99. The maximum absolute atomic E-state index is 11.0. The van der Waals surface area contributed by atoms with E-state index in [0.29, 0.717) is 6.54 Å². The number of phenols is 1. The number of phenolic OH excluding ortho intramolecular Hbond substituents is 1. The molecule has 0 aliphatic carbocycles. The quantitative estimate of drug-likeness (QED) is 0.770. The van der Waals surface area contributed by atoms with Crippen LogP contribution in [0.15, 0.2) is 18.2 Å². The Balaban J connectivity index is 2.86. The van der Waals surface area contributed by atoms with Crippen molar-refractivity contribution in [1.29, 1.82) is 0 Å². The maximum Gasteiger partial charge on any atom is 0.221 e. The third kappa shape index (κ3) is 4.07. The minimum atomic E-state index is -0.107. The van der Waals surface area contributed by atoms with Crippen LogP contribution in [0.3, 0.4) is 0 Å². The third-order valence-electron chi connectivity index (χ3n) is 2.69. The second-order valence-corrected chi connectivity index (χ2v) is 3.99. The fourth-order valence-corrected chi connectivity index (χ4v) is 1.68. The van der Waals surface area contributed by atoms with E-state index in [1.807, 2.05) is 6.07 Å². The molecule has 0 spiro atoms. The molecule has 1 rings (SSSR count). The molecular weight excluding hydrogens is 216 g/mol. The number of carbonyl (C=O) groups excluding carboxylic acids is 1. The Morgan fingerprint density at radius 3 is 2.53 bits per heavy atom. The highest BCUT2D eigenvalue weighted by molar-refractivity contribution is 5.88. The third-order valence-corrected chi connectivity index (χ3v) is 2.69. The minimum absolute atomic E-state index is 0.107. The molecule has 0 saturated heterocycles. The van der Waals surface area contributed by atoms with Gasteiger partial charge in [-0.15, -0.1) is 0 Å². The molecule has 4 nitrogen and oxygen atoms in total. The first-order chi connectivity index (χ1) is 8.06. The van der Waals surface area contributed by atoms with Crippen molar-refractivity contribution in [3.63, 3.8) is 0 Å². The average Bonchev–Trinajstić information content (AvgIpc) is 2.29. The largest absolute Gasteiger partial charge is 0.508 e. The van der Waals surface area contributed by atoms with Crippen molar-refractivity contribution in [2.24, 2.45) is 0 Å². The van der Waals surface area contributed by atoms with Gasteiger partial charge >= 0.3 is 0 Å². The molecule has 17 heavy (non-hydrogen) atoms. The summed E-state index contributed by atoms with van der Waals surface area (Å²) < 4.78 is 0. The van der Waals surface area contributed by atoms with Crippen molar-refractivity contribution in [2.45, 2.75) is 27.3 Å². The summed E-state index contributed by atoms with van der Waals surface area (Å²) in [6.45, 7) is 8.18. The van der Waals surface area contributed by atoms with Crippen LogP contribution >= 0.6 is 0 Å². The lowest BCUT2D eigenvalue weighted by atomic mass is 10.1. The van der Waals surface area contributed by atoms with Crippen molar-refractivity contribution in [2.75, 3.05) is 18.4 Å². The average molecular weight is 236 g/mol. The smallest absolute Gasteiger partial charge is 0.221 e. The summed E-state index contributed by atoms with van der Waals surface area (Å²) in [5.74, 6) is 0.162. The van der Waals surface area contributed by atoms with Crippen LogP contribution in [0.2, 0.25) is 0 Å². The number of anilines is 1. The first-order valence-corrected chi connectivity index (χ1v) is 5.88. The van der Waals surface area contributed by atoms with Gasteiger partial charge in [0.25, 0.3) is 0 Å². The van der Waals surface area contributed by atoms with Crippen LogP contribution in [0.1, 0.15) is 26.3 Å². The van der Waals surface area contributed by atoms with Crippen molar-refractivity contribution < 1.29 is 9.90 Å². The van der Waals surface area contributed by atoms with E-state index in [0.717, 1.165) is 24.3 Å². The highest BCUT2D eigenvalue weighted by atomic mass is 16.3. The molecule has 1 aromatic rings. The number of carbonyl (C=O) groups is 1. The lowest BCUT2D eigenvalue weighted by Gasteiger charge is -2.19. The number of hydrogen-bond acceptors (Lipinski definition) is 3. The van der Waals surface area contributed by atoms with Gasteiger partial charge in [-0.2, -0.15) is 0 Å². The summed E-state index contributed by atoms with van der Waals surface area (Å²) >= 11 is 0. The van der Waals surface area contributed by atoms with E-state index in [1.54, 1.807) is 12.1 Å². The van der Waals surface area contributed by atoms with Gasteiger partial charge < -0.3 is 10.4 Å². The van der Waals surface area contributed by atoms with Gasteiger partial charge in [0.1, 0.15) is 5.75 Å². The lowest BCUT2D eigenvalue weighted by Crippen LogP contribution is -2.22. The van der Waals surface area contributed by atoms with Gasteiger partial charge in [0.05, 0.1) is 0 Å². The normalized spacial score (nSPS) is 10.6. The molecule has 1 aromatic carbocycles. The van der Waals surface area contributed by atoms with Crippen molar-refractivity contribution in [1.82, 2.24) is 4.90 Å². The zero-order valence-electron chi connectivity index (χ0n) is 10.7. The van der Waals surface area contributed by atoms with Crippen LogP contribution in [-0.4, -0.2) is 29.0 Å². The van der Waals surface area contributed by atoms with Gasteiger partial charge in [-0.3, -0.25) is 9.69 Å². The summed E-state index contributed by atoms with van der Waals surface area (Å²) in [5, 5.41) is 12.5. The summed E-state index contributed by atoms with van der Waals surface area (Å²) in [6.07, 6.45) is 0. The Bertz CT molecular complexity index is 387. The summed E-state index contributed by atoms with van der Waals surface area (Å²) in [6, 6.07) is 5.13. The van der Waals surface area contributed by atoms with Crippen molar-refractivity contribution >= 4 is 11.6 Å². The summed E-state index contributed by atoms with van der Waals surface area (Å²) in [4.78, 5) is 13.2. The van der Waals surface area contributed by atoms with E-state index < -0.39 is 0 Å². The van der Waals surface area contributed by atoms with Gasteiger partial charge in [-0.1, -0.05) is 13.8 Å². The fourth-order valence-electron chi connectivity index (χ4n) is 1.68. The first kappa shape index (κ1) is 13.5. The predicted octanol–water partition coefficient (Wildman–Crippen LogP) is 2.19. The molecule has 0 heterocycles. The second kappa shape index (κ2) is 6.25. The van der Waals surface area contributed by atoms with Crippen LogP contribution < -0.4 is 5.32 Å². The molecule has 0 aromatic heterocycles. The Kier molecular flexibility index (Phi) is 4.97. The van der Waals surface area contributed by atoms with E-state index in [9.17, 15) is 9.90 Å². The number of nitrogens with one attached hydrogen (secondary N) is 1. The van der Waals surface area contributed by atoms with Gasteiger partial charge in [0, 0.05) is 24.7 Å². The lowest BCUT2D eigenvalue weighted by molar-refractivity contribution is -0.114. The van der Waals surface area contributed by atoms with Crippen LogP contribution in [0, 0.1) is 0 Å². The van der Waals surface area contributed by atoms with Gasteiger partial charge in [-0.25, -0.2) is 0 Å². The molecule has 0 unspecified atom stereocenters. The number of aromatic hydroxyl groups is 1. The van der Waals surface area contributed by atoms with Gasteiger partial charge in [0.15, 0.2) is 0 Å². The maximum atomic E-state index is 11.0. The van der Waals surface area contributed by atoms with E-state index in [-0.39, 0.29) is 11.7 Å². The molecule has 0 fully saturated rings. The molecule has 94 valence electrons. The van der Waals surface area contributed by atoms with Crippen LogP contribution in [0.4, 0.5) is 5.69 Å². The van der Waals surface area contributed by atoms with Crippen LogP contribution in [0.25, 0.3) is 0 Å². The minimum Gasteiger partial charge on any atom is -0.508 e. The van der Waals surface area contributed by atoms with Crippen LogP contribution in [-0.2, 0) is 11.3 Å². The molecule has 0 bridgehead atoms. The Morgan fingerprint density at radius 2 is 2.00 bits per heavy atom. The number of rotatable bonds is 5. The van der Waals surface area contributed by atoms with Gasteiger partial charge in [-0.05, 0) is 31.3 Å². The van der Waals surface area contributed by atoms with Gasteiger partial charge in [0.2, 0.25) is 5.91 Å². The molecule has 0 aliphatic heterocycles. The molecule has 1 amide bonds. The highest BCUT2D eigenvalue weighted by Gasteiger charge is 2.07. The summed E-state index contributed by atoms with van der Waals surface area (Å²) in [7, 11) is 0. The predicted molar refractivity (Wildman–Crippen MR) is 69.0 cm³/mol. The first-order valence-electron chi connectivity index (χ1n) is 5.88. The Hall–Kier alpha value is -1.55. The summed E-state index contributed by atoms with van der Waals surface area (Å²) in [5.41, 5.74) is 1.55. The Labute approximate surface area is 102 Å². The van der Waals surface area contributed by atoms with Crippen molar-refractivity contribution in [3.8, 4) is 5.75 Å². The van der Waals surface area contributed by atoms with E-state index in [1.165, 1.54) is 6.92 Å². The van der Waals surface area contributed by atoms with Crippen LogP contribution in [0.5, 0.6) is 5.75 Å². The van der Waals surface area contributed by atoms with E-state index in [4.69, 9.17) is 0 Å². The molecule has 0 atom stereocenters. The van der Waals surface area contributed by atoms with Crippen molar-refractivity contribution in [3.05, 3.63) is 23.8 Å². The topological polar surface area (TPSA) is 52.6 Å². The molecule has 2 N–H and O–H groups in total. The van der Waals surface area contributed by atoms with E-state index >= 15 is 0 Å². The molecule has 0 radical (unpaired) electrons. The molecule has 0 saturated carbocycles. The zero-order chi connectivity index (χ0) is 12.8. The molecule has 0 aliphatic rings. The monoisotopic (exact) mass is 236 g/mol. The fraction of sp³-hybridized carbons (Fsp3) is 0.462. The standard InChI is InChI=1S/C13H20N2O2/c1-4-15(5-2)9-11-8-12(14-10(3)16)6-7-13(11)17/h6-8,17H,4-5,9H2,1-3H3,(H,14,16). The number of amides is 1. The number of nitrogens with zero attached hydrogens (tertiary/aromatic N) is 1. The highest BCUT2D eigenvalue weighted by Crippen LogP contribution is 2.22. The molecular formula is C13H20N2O2.